The van der Waals surface area contributed by atoms with Crippen molar-refractivity contribution < 1.29 is 9.59 Å². The number of hydrogen-bond donors (Lipinski definition) is 1. The van der Waals surface area contributed by atoms with E-state index in [1.807, 2.05) is 29.8 Å². The van der Waals surface area contributed by atoms with Gasteiger partial charge in [0.15, 0.2) is 5.82 Å². The second kappa shape index (κ2) is 8.62. The van der Waals surface area contributed by atoms with E-state index in [4.69, 9.17) is 11.6 Å². The molecule has 0 aromatic carbocycles. The lowest BCUT2D eigenvalue weighted by molar-refractivity contribution is -0.122. The summed E-state index contributed by atoms with van der Waals surface area (Å²) in [4.78, 5) is 35.0. The van der Waals surface area contributed by atoms with Gasteiger partial charge in [-0.1, -0.05) is 17.7 Å². The van der Waals surface area contributed by atoms with Crippen molar-refractivity contribution in [3.63, 3.8) is 0 Å². The maximum Gasteiger partial charge on any atom is 0.228 e. The molecule has 1 aliphatic heterocycles. The van der Waals surface area contributed by atoms with Crippen LogP contribution in [-0.4, -0.2) is 38.1 Å². The van der Waals surface area contributed by atoms with Gasteiger partial charge in [-0.15, -0.1) is 0 Å². The Morgan fingerprint density at radius 1 is 1.17 bits per heavy atom. The van der Waals surface area contributed by atoms with Crippen LogP contribution in [0.3, 0.4) is 0 Å². The zero-order valence-electron chi connectivity index (χ0n) is 16.5. The van der Waals surface area contributed by atoms with Gasteiger partial charge in [-0.2, -0.15) is 5.10 Å². The molecule has 3 aromatic rings. The molecule has 30 heavy (non-hydrogen) atoms. The molecule has 0 aliphatic carbocycles. The molecular weight excluding hydrogens is 404 g/mol. The van der Waals surface area contributed by atoms with Crippen molar-refractivity contribution in [1.82, 2.24) is 19.7 Å². The molecule has 0 radical (unpaired) electrons. The fraction of sp³-hybridized carbons (Fsp3) is 0.286. The van der Waals surface area contributed by atoms with Crippen molar-refractivity contribution in [2.45, 2.75) is 32.7 Å². The molecule has 4 heterocycles. The summed E-state index contributed by atoms with van der Waals surface area (Å²) < 4.78 is 1.84. The van der Waals surface area contributed by atoms with Crippen LogP contribution in [0.4, 0.5) is 11.6 Å². The summed E-state index contributed by atoms with van der Waals surface area (Å²) >= 11 is 6.28. The Hall–Kier alpha value is -3.26. The Kier molecular flexibility index (Phi) is 5.76. The van der Waals surface area contributed by atoms with Gasteiger partial charge in [0.2, 0.25) is 11.8 Å². The minimum Gasteiger partial charge on any atom is -0.309 e. The molecule has 3 aromatic heterocycles. The number of nitrogens with zero attached hydrogens (tertiary/aromatic N) is 5. The highest BCUT2D eigenvalue weighted by molar-refractivity contribution is 6.33. The first-order chi connectivity index (χ1) is 14.5. The van der Waals surface area contributed by atoms with E-state index in [9.17, 15) is 9.59 Å². The van der Waals surface area contributed by atoms with Gasteiger partial charge in [-0.3, -0.25) is 19.5 Å². The number of aromatic nitrogens is 4. The van der Waals surface area contributed by atoms with Gasteiger partial charge in [-0.25, -0.2) is 9.67 Å². The summed E-state index contributed by atoms with van der Waals surface area (Å²) in [6, 6.07) is 7.35. The van der Waals surface area contributed by atoms with Crippen molar-refractivity contribution in [2.75, 3.05) is 16.8 Å². The number of aryl methyl sites for hydroxylation is 2. The van der Waals surface area contributed by atoms with Crippen molar-refractivity contribution >= 4 is 35.1 Å². The van der Waals surface area contributed by atoms with Gasteiger partial charge in [0.1, 0.15) is 5.82 Å². The first-order valence-corrected chi connectivity index (χ1v) is 10.1. The highest BCUT2D eigenvalue weighted by Gasteiger charge is 2.24. The highest BCUT2D eigenvalue weighted by Crippen LogP contribution is 2.26. The molecular formula is C21H21ClN6O2. The van der Waals surface area contributed by atoms with Crippen LogP contribution < -0.4 is 10.2 Å². The summed E-state index contributed by atoms with van der Waals surface area (Å²) in [5.41, 5.74) is 2.56. The van der Waals surface area contributed by atoms with E-state index in [2.05, 4.69) is 20.4 Å². The molecule has 0 atom stereocenters. The smallest absolute Gasteiger partial charge is 0.228 e. The van der Waals surface area contributed by atoms with E-state index < -0.39 is 0 Å². The number of hydrogen-bond acceptors (Lipinski definition) is 5. The zero-order chi connectivity index (χ0) is 21.1. The number of nitrogens with one attached hydrogen (secondary N) is 1. The van der Waals surface area contributed by atoms with Gasteiger partial charge < -0.3 is 5.32 Å². The van der Waals surface area contributed by atoms with E-state index in [1.165, 1.54) is 0 Å². The highest BCUT2D eigenvalue weighted by atomic mass is 35.5. The number of amides is 2. The Bertz CT molecular complexity index is 1080. The van der Waals surface area contributed by atoms with Crippen molar-refractivity contribution in [3.05, 3.63) is 53.6 Å². The van der Waals surface area contributed by atoms with E-state index in [1.54, 1.807) is 29.6 Å². The third-order valence-corrected chi connectivity index (χ3v) is 5.16. The molecule has 4 rings (SSSR count). The predicted molar refractivity (Wildman–Crippen MR) is 114 cm³/mol. The molecule has 9 heteroatoms. The van der Waals surface area contributed by atoms with Gasteiger partial charge in [-0.05, 0) is 25.5 Å². The van der Waals surface area contributed by atoms with Crippen molar-refractivity contribution in [1.29, 1.82) is 0 Å². The van der Waals surface area contributed by atoms with Gasteiger partial charge >= 0.3 is 0 Å². The normalized spacial score (nSPS) is 13.1. The van der Waals surface area contributed by atoms with Crippen LogP contribution in [-0.2, 0) is 16.1 Å². The largest absolute Gasteiger partial charge is 0.309 e. The molecule has 0 saturated carbocycles. The van der Waals surface area contributed by atoms with Crippen molar-refractivity contribution in [3.8, 4) is 11.1 Å². The lowest BCUT2D eigenvalue weighted by Gasteiger charge is -2.27. The lowest BCUT2D eigenvalue weighted by atomic mass is 10.1. The van der Waals surface area contributed by atoms with E-state index >= 15 is 0 Å². The summed E-state index contributed by atoms with van der Waals surface area (Å²) in [6.45, 7) is 3.33. The molecule has 0 unspecified atom stereocenters. The standard InChI is InChI=1S/C21H21ClN6O2/c1-14-10-19-27(8-3-9-28(19)26-14)20(30)6-5-18(29)25-21-17(22)11-16(13-24-21)15-4-2-7-23-12-15/h2,4,7,10-13H,3,5-6,8-9H2,1H3,(H,24,25,29). The first kappa shape index (κ1) is 20.0. The Balaban J connectivity index is 1.36. The predicted octanol–water partition coefficient (Wildman–Crippen LogP) is 3.46. The molecule has 2 amide bonds. The maximum atomic E-state index is 12.7. The van der Waals surface area contributed by atoms with Crippen LogP contribution in [0.2, 0.25) is 5.02 Å². The number of halogens is 1. The van der Waals surface area contributed by atoms with Crippen LogP contribution in [0, 0.1) is 6.92 Å². The van der Waals surface area contributed by atoms with Crippen LogP contribution in [0.15, 0.2) is 42.9 Å². The maximum absolute atomic E-state index is 12.7. The average molecular weight is 425 g/mol. The molecule has 1 aliphatic rings. The topological polar surface area (TPSA) is 93.0 Å². The zero-order valence-corrected chi connectivity index (χ0v) is 17.3. The number of carbonyl (C=O) groups excluding carboxylic acids is 2. The number of pyridine rings is 2. The van der Waals surface area contributed by atoms with E-state index in [0.29, 0.717) is 11.6 Å². The fourth-order valence-electron chi connectivity index (χ4n) is 3.43. The third kappa shape index (κ3) is 4.33. The van der Waals surface area contributed by atoms with Gasteiger partial charge in [0.05, 0.1) is 10.7 Å². The molecule has 0 saturated heterocycles. The third-order valence-electron chi connectivity index (χ3n) is 4.87. The minimum atomic E-state index is -0.312. The number of rotatable bonds is 5. The molecule has 8 nitrogen and oxygen atoms in total. The molecule has 1 N–H and O–H groups in total. The van der Waals surface area contributed by atoms with Crippen LogP contribution in [0.5, 0.6) is 0 Å². The van der Waals surface area contributed by atoms with Gasteiger partial charge in [0, 0.05) is 61.7 Å². The monoisotopic (exact) mass is 424 g/mol. The summed E-state index contributed by atoms with van der Waals surface area (Å²) in [7, 11) is 0. The SMILES string of the molecule is Cc1cc2n(n1)CCCN2C(=O)CCC(=O)Nc1ncc(-c2cccnc2)cc1Cl. The Morgan fingerprint density at radius 3 is 2.80 bits per heavy atom. The second-order valence-corrected chi connectivity index (χ2v) is 7.52. The number of carbonyl (C=O) groups is 2. The van der Waals surface area contributed by atoms with E-state index in [0.717, 1.165) is 35.6 Å². The second-order valence-electron chi connectivity index (χ2n) is 7.11. The number of fused-ring (bicyclic) bond motifs is 1. The van der Waals surface area contributed by atoms with Crippen LogP contribution in [0.25, 0.3) is 11.1 Å². The Labute approximate surface area is 178 Å². The van der Waals surface area contributed by atoms with Crippen LogP contribution >= 0.6 is 11.6 Å². The number of anilines is 2. The molecule has 0 bridgehead atoms. The quantitative estimate of drug-likeness (QED) is 0.677. The first-order valence-electron chi connectivity index (χ1n) is 9.72. The minimum absolute atomic E-state index is 0.0464. The van der Waals surface area contributed by atoms with E-state index in [-0.39, 0.29) is 30.5 Å². The van der Waals surface area contributed by atoms with Crippen molar-refractivity contribution in [2.24, 2.45) is 0 Å². The fourth-order valence-corrected chi connectivity index (χ4v) is 3.64. The lowest BCUT2D eigenvalue weighted by Crippen LogP contribution is -2.37. The average Bonchev–Trinajstić information content (AvgIpc) is 3.14. The Morgan fingerprint density at radius 2 is 2.03 bits per heavy atom. The van der Waals surface area contributed by atoms with Crippen LogP contribution in [0.1, 0.15) is 25.0 Å². The molecule has 0 spiro atoms. The summed E-state index contributed by atoms with van der Waals surface area (Å²) in [5, 5.41) is 7.40. The summed E-state index contributed by atoms with van der Waals surface area (Å²) in [5.74, 6) is 0.652. The molecule has 154 valence electrons. The molecule has 0 fully saturated rings. The van der Waals surface area contributed by atoms with Gasteiger partial charge in [0.25, 0.3) is 0 Å². The summed E-state index contributed by atoms with van der Waals surface area (Å²) in [6.07, 6.45) is 6.01.